The molecule has 17 heavy (non-hydrogen) atoms. The fourth-order valence-electron chi connectivity index (χ4n) is 1.29. The van der Waals surface area contributed by atoms with Gasteiger partial charge in [0, 0.05) is 6.54 Å². The number of nitrogens with one attached hydrogen (secondary N) is 2. The van der Waals surface area contributed by atoms with Gasteiger partial charge in [0.05, 0.1) is 0 Å². The van der Waals surface area contributed by atoms with Crippen LogP contribution in [-0.4, -0.2) is 19.3 Å². The predicted octanol–water partition coefficient (Wildman–Crippen LogP) is 2.12. The maximum absolute atomic E-state index is 11.2. The molecular formula is C13H18N2O2. The third-order valence-electron chi connectivity index (χ3n) is 2.42. The van der Waals surface area contributed by atoms with Gasteiger partial charge in [0.25, 0.3) is 0 Å². The van der Waals surface area contributed by atoms with Crippen LogP contribution in [0.25, 0.3) is 0 Å². The molecule has 1 aromatic carbocycles. The van der Waals surface area contributed by atoms with E-state index in [1.54, 1.807) is 6.08 Å². The first-order chi connectivity index (χ1) is 8.15. The van der Waals surface area contributed by atoms with E-state index in [2.05, 4.69) is 17.2 Å². The average molecular weight is 234 g/mol. The van der Waals surface area contributed by atoms with Gasteiger partial charge in [0.1, 0.15) is 5.75 Å². The Bertz CT molecular complexity index is 402. The van der Waals surface area contributed by atoms with E-state index in [1.165, 1.54) is 5.56 Å². The molecule has 0 aliphatic carbocycles. The molecule has 0 fully saturated rings. The summed E-state index contributed by atoms with van der Waals surface area (Å²) in [6, 6.07) is 5.56. The molecule has 0 heterocycles. The lowest BCUT2D eigenvalue weighted by Gasteiger charge is -2.11. The summed E-state index contributed by atoms with van der Waals surface area (Å²) in [4.78, 5) is 11.2. The van der Waals surface area contributed by atoms with E-state index in [0.29, 0.717) is 6.54 Å². The van der Waals surface area contributed by atoms with Crippen molar-refractivity contribution in [3.63, 3.8) is 0 Å². The Kier molecular flexibility index (Phi) is 5.07. The van der Waals surface area contributed by atoms with Gasteiger partial charge >= 0.3 is 6.03 Å². The van der Waals surface area contributed by atoms with E-state index in [4.69, 9.17) is 4.74 Å². The smallest absolute Gasteiger partial charge is 0.317 e. The fourth-order valence-corrected chi connectivity index (χ4v) is 1.29. The third kappa shape index (κ3) is 4.18. The van der Waals surface area contributed by atoms with E-state index in [0.717, 1.165) is 11.3 Å². The van der Waals surface area contributed by atoms with Crippen LogP contribution in [0.5, 0.6) is 5.75 Å². The van der Waals surface area contributed by atoms with E-state index in [-0.39, 0.29) is 12.8 Å². The van der Waals surface area contributed by atoms with E-state index in [1.807, 2.05) is 32.0 Å². The molecule has 92 valence electrons. The minimum Gasteiger partial charge on any atom is -0.473 e. The summed E-state index contributed by atoms with van der Waals surface area (Å²) in [7, 11) is 0. The van der Waals surface area contributed by atoms with Gasteiger partial charge in [-0.15, -0.1) is 6.58 Å². The number of carbonyl (C=O) groups is 1. The van der Waals surface area contributed by atoms with Crippen LogP contribution in [0.4, 0.5) is 4.79 Å². The number of hydrogen-bond donors (Lipinski definition) is 2. The number of benzene rings is 1. The normalized spacial score (nSPS) is 9.53. The Morgan fingerprint density at radius 1 is 1.41 bits per heavy atom. The molecule has 0 radical (unpaired) electrons. The average Bonchev–Trinajstić information content (AvgIpc) is 2.32. The summed E-state index contributed by atoms with van der Waals surface area (Å²) in [5.74, 6) is 0.786. The first-order valence-electron chi connectivity index (χ1n) is 5.46. The van der Waals surface area contributed by atoms with Crippen LogP contribution in [-0.2, 0) is 0 Å². The molecule has 1 aromatic rings. The number of ether oxygens (including phenoxy) is 1. The van der Waals surface area contributed by atoms with Crippen LogP contribution >= 0.6 is 0 Å². The zero-order valence-electron chi connectivity index (χ0n) is 10.2. The Morgan fingerprint density at radius 2 is 2.18 bits per heavy atom. The number of rotatable bonds is 5. The summed E-state index contributed by atoms with van der Waals surface area (Å²) in [6.07, 6.45) is 1.62. The van der Waals surface area contributed by atoms with Gasteiger partial charge in [-0.1, -0.05) is 18.2 Å². The van der Waals surface area contributed by atoms with E-state index < -0.39 is 0 Å². The van der Waals surface area contributed by atoms with Crippen molar-refractivity contribution in [1.82, 2.24) is 10.6 Å². The molecule has 4 nitrogen and oxygen atoms in total. The summed E-state index contributed by atoms with van der Waals surface area (Å²) in [5, 5.41) is 5.19. The Hall–Kier alpha value is -1.97. The minimum atomic E-state index is -0.268. The molecule has 1 rings (SSSR count). The van der Waals surface area contributed by atoms with Crippen LogP contribution in [0.2, 0.25) is 0 Å². The highest BCUT2D eigenvalue weighted by molar-refractivity contribution is 5.73. The second-order valence-corrected chi connectivity index (χ2v) is 3.66. The lowest BCUT2D eigenvalue weighted by molar-refractivity contribution is 0.224. The van der Waals surface area contributed by atoms with Crippen molar-refractivity contribution in [2.45, 2.75) is 13.8 Å². The highest BCUT2D eigenvalue weighted by atomic mass is 16.5. The summed E-state index contributed by atoms with van der Waals surface area (Å²) in [6.45, 7) is 8.10. The second-order valence-electron chi connectivity index (χ2n) is 3.66. The number of hydrogen-bond acceptors (Lipinski definition) is 2. The standard InChI is InChI=1S/C13H18N2O2/c1-4-8-14-13(16)15-9-17-12-7-5-6-10(2)11(12)3/h4-7H,1,8-9H2,2-3H3,(H2,14,15,16). The first kappa shape index (κ1) is 13.1. The maximum Gasteiger partial charge on any atom is 0.317 e. The Balaban J connectivity index is 2.38. The zero-order valence-corrected chi connectivity index (χ0v) is 10.2. The lowest BCUT2D eigenvalue weighted by atomic mass is 10.1. The predicted molar refractivity (Wildman–Crippen MR) is 68.1 cm³/mol. The number of amides is 2. The minimum absolute atomic E-state index is 0.146. The molecule has 0 aromatic heterocycles. The molecule has 0 bridgehead atoms. The molecule has 2 amide bonds. The van der Waals surface area contributed by atoms with Crippen LogP contribution in [0, 0.1) is 13.8 Å². The van der Waals surface area contributed by atoms with Gasteiger partial charge in [0.2, 0.25) is 0 Å². The lowest BCUT2D eigenvalue weighted by Crippen LogP contribution is -2.37. The van der Waals surface area contributed by atoms with Gasteiger partial charge in [0.15, 0.2) is 6.73 Å². The number of aryl methyl sites for hydroxylation is 1. The van der Waals surface area contributed by atoms with Crippen molar-refractivity contribution in [3.8, 4) is 5.75 Å². The van der Waals surface area contributed by atoms with E-state index in [9.17, 15) is 4.79 Å². The summed E-state index contributed by atoms with van der Waals surface area (Å²) in [5.41, 5.74) is 2.25. The van der Waals surface area contributed by atoms with Crippen molar-refractivity contribution in [3.05, 3.63) is 42.0 Å². The van der Waals surface area contributed by atoms with Crippen LogP contribution in [0.1, 0.15) is 11.1 Å². The molecular weight excluding hydrogens is 216 g/mol. The summed E-state index contributed by atoms with van der Waals surface area (Å²) < 4.78 is 5.47. The monoisotopic (exact) mass is 234 g/mol. The van der Waals surface area contributed by atoms with Crippen LogP contribution < -0.4 is 15.4 Å². The van der Waals surface area contributed by atoms with Gasteiger partial charge in [-0.05, 0) is 31.0 Å². The van der Waals surface area contributed by atoms with Crippen molar-refractivity contribution in [2.75, 3.05) is 13.3 Å². The molecule has 0 aliphatic rings. The van der Waals surface area contributed by atoms with Crippen LogP contribution in [0.3, 0.4) is 0 Å². The van der Waals surface area contributed by atoms with Crippen LogP contribution in [0.15, 0.2) is 30.9 Å². The molecule has 0 spiro atoms. The Morgan fingerprint density at radius 3 is 2.88 bits per heavy atom. The van der Waals surface area contributed by atoms with Crippen molar-refractivity contribution >= 4 is 6.03 Å². The SMILES string of the molecule is C=CCNC(=O)NCOc1cccc(C)c1C. The maximum atomic E-state index is 11.2. The first-order valence-corrected chi connectivity index (χ1v) is 5.46. The Labute approximate surface area is 102 Å². The van der Waals surface area contributed by atoms with Crippen molar-refractivity contribution in [2.24, 2.45) is 0 Å². The molecule has 0 aliphatic heterocycles. The van der Waals surface area contributed by atoms with Gasteiger partial charge in [-0.2, -0.15) is 0 Å². The quantitative estimate of drug-likeness (QED) is 0.605. The zero-order chi connectivity index (χ0) is 12.7. The topological polar surface area (TPSA) is 50.4 Å². The van der Waals surface area contributed by atoms with Gasteiger partial charge < -0.3 is 15.4 Å². The number of urea groups is 1. The molecule has 0 saturated carbocycles. The van der Waals surface area contributed by atoms with Crippen molar-refractivity contribution < 1.29 is 9.53 Å². The second kappa shape index (κ2) is 6.58. The molecule has 0 saturated heterocycles. The molecule has 2 N–H and O–H groups in total. The van der Waals surface area contributed by atoms with E-state index >= 15 is 0 Å². The van der Waals surface area contributed by atoms with Crippen molar-refractivity contribution in [1.29, 1.82) is 0 Å². The molecule has 0 atom stereocenters. The summed E-state index contributed by atoms with van der Waals surface area (Å²) >= 11 is 0. The van der Waals surface area contributed by atoms with Gasteiger partial charge in [-0.3, -0.25) is 0 Å². The molecule has 0 unspecified atom stereocenters. The number of carbonyl (C=O) groups excluding carboxylic acids is 1. The fraction of sp³-hybridized carbons (Fsp3) is 0.308. The largest absolute Gasteiger partial charge is 0.473 e. The highest BCUT2D eigenvalue weighted by Gasteiger charge is 2.02. The van der Waals surface area contributed by atoms with Gasteiger partial charge in [-0.25, -0.2) is 4.79 Å². The third-order valence-corrected chi connectivity index (χ3v) is 2.42. The highest BCUT2D eigenvalue weighted by Crippen LogP contribution is 2.19. The molecule has 4 heteroatoms.